The number of benzene rings is 1. The van der Waals surface area contributed by atoms with Gasteiger partial charge in [0.2, 0.25) is 0 Å². The van der Waals surface area contributed by atoms with E-state index in [-0.39, 0.29) is 12.0 Å². The van der Waals surface area contributed by atoms with Crippen molar-refractivity contribution >= 4 is 23.3 Å². The van der Waals surface area contributed by atoms with E-state index >= 15 is 0 Å². The molecule has 1 saturated heterocycles. The van der Waals surface area contributed by atoms with Gasteiger partial charge in [0.1, 0.15) is 0 Å². The van der Waals surface area contributed by atoms with Crippen molar-refractivity contribution in [2.75, 3.05) is 13.1 Å². The summed E-state index contributed by atoms with van der Waals surface area (Å²) in [7, 11) is 0. The molecule has 5 nitrogen and oxygen atoms in total. The number of urea groups is 1. The summed E-state index contributed by atoms with van der Waals surface area (Å²) in [6, 6.07) is 11.3. The van der Waals surface area contributed by atoms with Crippen LogP contribution in [0.5, 0.6) is 0 Å². The fourth-order valence-electron chi connectivity index (χ4n) is 3.53. The van der Waals surface area contributed by atoms with E-state index in [9.17, 15) is 9.59 Å². The highest BCUT2D eigenvalue weighted by molar-refractivity contribution is 7.09. The van der Waals surface area contributed by atoms with E-state index in [4.69, 9.17) is 4.74 Å². The molecule has 3 heterocycles. The maximum Gasteiger partial charge on any atom is 0.339 e. The van der Waals surface area contributed by atoms with E-state index in [0.717, 1.165) is 23.3 Å². The molecule has 1 spiro atoms. The van der Waals surface area contributed by atoms with Crippen LogP contribution in [0.25, 0.3) is 0 Å². The normalized spacial score (nSPS) is 22.3. The molecule has 124 valence electrons. The van der Waals surface area contributed by atoms with Gasteiger partial charge in [-0.05, 0) is 30.4 Å². The number of carbonyl (C=O) groups is 2. The second-order valence-corrected chi connectivity index (χ2v) is 7.22. The molecule has 0 saturated carbocycles. The minimum Gasteiger partial charge on any atom is -0.449 e. The summed E-state index contributed by atoms with van der Waals surface area (Å²) in [6.45, 7) is 1.61. The summed E-state index contributed by atoms with van der Waals surface area (Å²) < 4.78 is 5.73. The Hall–Kier alpha value is -2.34. The van der Waals surface area contributed by atoms with E-state index in [2.05, 4.69) is 5.32 Å². The Labute approximate surface area is 144 Å². The van der Waals surface area contributed by atoms with Gasteiger partial charge in [-0.15, -0.1) is 11.3 Å². The Balaban J connectivity index is 1.50. The lowest BCUT2D eigenvalue weighted by Crippen LogP contribution is -2.51. The predicted molar refractivity (Wildman–Crippen MR) is 90.9 cm³/mol. The molecule has 1 aromatic heterocycles. The summed E-state index contributed by atoms with van der Waals surface area (Å²) in [5, 5.41) is 4.95. The highest BCUT2D eigenvalue weighted by Gasteiger charge is 2.48. The number of nitrogens with zero attached hydrogens (tertiary/aromatic N) is 1. The predicted octanol–water partition coefficient (Wildman–Crippen LogP) is 3.12. The Kier molecular flexibility index (Phi) is 3.76. The van der Waals surface area contributed by atoms with Crippen LogP contribution in [-0.2, 0) is 16.9 Å². The topological polar surface area (TPSA) is 58.6 Å². The first-order valence-electron chi connectivity index (χ1n) is 8.06. The summed E-state index contributed by atoms with van der Waals surface area (Å²) in [4.78, 5) is 27.5. The van der Waals surface area contributed by atoms with Crippen LogP contribution in [-0.4, -0.2) is 30.0 Å². The van der Waals surface area contributed by atoms with E-state index in [1.54, 1.807) is 22.3 Å². The fraction of sp³-hybridized carbons (Fsp3) is 0.333. The molecule has 2 aliphatic heterocycles. The van der Waals surface area contributed by atoms with Gasteiger partial charge in [-0.1, -0.05) is 24.3 Å². The summed E-state index contributed by atoms with van der Waals surface area (Å²) in [5.41, 5.74) is 0.843. The smallest absolute Gasteiger partial charge is 0.339 e. The van der Waals surface area contributed by atoms with Crippen LogP contribution in [0.1, 0.15) is 33.6 Å². The third-order valence-electron chi connectivity index (χ3n) is 4.66. The molecule has 1 aromatic carbocycles. The van der Waals surface area contributed by atoms with Crippen LogP contribution in [0.4, 0.5) is 4.79 Å². The van der Waals surface area contributed by atoms with Crippen LogP contribution >= 0.6 is 11.3 Å². The molecule has 0 aliphatic carbocycles. The number of hydrogen-bond donors (Lipinski definition) is 1. The molecule has 0 radical (unpaired) electrons. The first kappa shape index (κ1) is 15.2. The molecule has 1 fully saturated rings. The SMILES string of the molecule is O=C1O[C@]2(CCCN(C(=O)NCc3cccs3)C2)c2ccccc21. The number of likely N-dealkylation sites (tertiary alicyclic amines) is 1. The first-order chi connectivity index (χ1) is 11.7. The van der Waals surface area contributed by atoms with E-state index in [1.807, 2.05) is 35.7 Å². The quantitative estimate of drug-likeness (QED) is 0.853. The maximum atomic E-state index is 12.5. The molecular formula is C18H18N2O3S. The zero-order chi connectivity index (χ0) is 16.6. The van der Waals surface area contributed by atoms with Gasteiger partial charge in [-0.3, -0.25) is 0 Å². The van der Waals surface area contributed by atoms with Gasteiger partial charge < -0.3 is 15.0 Å². The third kappa shape index (κ3) is 2.57. The van der Waals surface area contributed by atoms with Crippen molar-refractivity contribution in [3.05, 3.63) is 57.8 Å². The minimum absolute atomic E-state index is 0.108. The van der Waals surface area contributed by atoms with Gasteiger partial charge in [-0.25, -0.2) is 9.59 Å². The number of fused-ring (bicyclic) bond motifs is 2. The van der Waals surface area contributed by atoms with Gasteiger partial charge in [0, 0.05) is 17.0 Å². The standard InChI is InChI=1S/C18H18N2O3S/c21-16-14-6-1-2-7-15(14)18(23-16)8-4-9-20(12-18)17(22)19-11-13-5-3-10-24-13/h1-3,5-7,10H,4,8-9,11-12H2,(H,19,22)/t18-/m0/s1. The molecule has 0 bridgehead atoms. The lowest BCUT2D eigenvalue weighted by atomic mass is 9.85. The summed E-state index contributed by atoms with van der Waals surface area (Å²) >= 11 is 1.62. The number of amides is 2. The van der Waals surface area contributed by atoms with Crippen LogP contribution in [0.3, 0.4) is 0 Å². The number of esters is 1. The Morgan fingerprint density at radius 1 is 1.29 bits per heavy atom. The zero-order valence-corrected chi connectivity index (χ0v) is 14.0. The van der Waals surface area contributed by atoms with Crippen LogP contribution < -0.4 is 5.32 Å². The van der Waals surface area contributed by atoms with Gasteiger partial charge in [0.15, 0.2) is 5.60 Å². The Bertz CT molecular complexity index is 774. The fourth-order valence-corrected chi connectivity index (χ4v) is 4.18. The number of piperidine rings is 1. The van der Waals surface area contributed by atoms with Gasteiger partial charge in [-0.2, -0.15) is 0 Å². The van der Waals surface area contributed by atoms with E-state index in [0.29, 0.717) is 25.2 Å². The number of ether oxygens (including phenoxy) is 1. The van der Waals surface area contributed by atoms with Gasteiger partial charge in [0.25, 0.3) is 0 Å². The monoisotopic (exact) mass is 342 g/mol. The number of hydrogen-bond acceptors (Lipinski definition) is 4. The zero-order valence-electron chi connectivity index (χ0n) is 13.2. The van der Waals surface area contributed by atoms with Crippen molar-refractivity contribution in [2.24, 2.45) is 0 Å². The molecule has 1 atom stereocenters. The molecule has 4 rings (SSSR count). The van der Waals surface area contributed by atoms with Crippen molar-refractivity contribution in [3.63, 3.8) is 0 Å². The summed E-state index contributed by atoms with van der Waals surface area (Å²) in [5.74, 6) is -0.286. The molecule has 6 heteroatoms. The van der Waals surface area contributed by atoms with E-state index < -0.39 is 5.60 Å². The van der Waals surface area contributed by atoms with Crippen molar-refractivity contribution < 1.29 is 14.3 Å². The third-order valence-corrected chi connectivity index (χ3v) is 5.54. The van der Waals surface area contributed by atoms with Crippen molar-refractivity contribution in [3.8, 4) is 0 Å². The van der Waals surface area contributed by atoms with Crippen LogP contribution in [0, 0.1) is 0 Å². The second kappa shape index (κ2) is 5.94. The number of nitrogens with one attached hydrogen (secondary N) is 1. The molecule has 2 aromatic rings. The van der Waals surface area contributed by atoms with Crippen LogP contribution in [0.15, 0.2) is 41.8 Å². The van der Waals surface area contributed by atoms with Crippen LogP contribution in [0.2, 0.25) is 0 Å². The average molecular weight is 342 g/mol. The average Bonchev–Trinajstić information content (AvgIpc) is 3.21. The highest BCUT2D eigenvalue weighted by Crippen LogP contribution is 2.42. The number of rotatable bonds is 2. The largest absolute Gasteiger partial charge is 0.449 e. The van der Waals surface area contributed by atoms with Gasteiger partial charge >= 0.3 is 12.0 Å². The maximum absolute atomic E-state index is 12.5. The number of thiophene rings is 1. The molecular weight excluding hydrogens is 324 g/mol. The summed E-state index contributed by atoms with van der Waals surface area (Å²) in [6.07, 6.45) is 1.57. The van der Waals surface area contributed by atoms with Gasteiger partial charge in [0.05, 0.1) is 18.7 Å². The van der Waals surface area contributed by atoms with Crippen molar-refractivity contribution in [1.82, 2.24) is 10.2 Å². The Morgan fingerprint density at radius 3 is 3.00 bits per heavy atom. The molecule has 0 unspecified atom stereocenters. The molecule has 2 amide bonds. The molecule has 2 aliphatic rings. The minimum atomic E-state index is -0.688. The Morgan fingerprint density at radius 2 is 2.17 bits per heavy atom. The highest BCUT2D eigenvalue weighted by atomic mass is 32.1. The molecule has 24 heavy (non-hydrogen) atoms. The lowest BCUT2D eigenvalue weighted by molar-refractivity contribution is -0.0410. The van der Waals surface area contributed by atoms with E-state index in [1.165, 1.54) is 0 Å². The number of carbonyl (C=O) groups excluding carboxylic acids is 2. The lowest BCUT2D eigenvalue weighted by Gasteiger charge is -2.39. The van der Waals surface area contributed by atoms with Crippen molar-refractivity contribution in [1.29, 1.82) is 0 Å². The molecule has 1 N–H and O–H groups in total. The second-order valence-electron chi connectivity index (χ2n) is 6.19. The first-order valence-corrected chi connectivity index (χ1v) is 8.94. The van der Waals surface area contributed by atoms with Crippen molar-refractivity contribution in [2.45, 2.75) is 25.0 Å².